The molecule has 0 aliphatic heterocycles. The second-order valence-electron chi connectivity index (χ2n) is 16.0. The largest absolute Gasteiger partial charge is 0.462 e. The van der Waals surface area contributed by atoms with Crippen LogP contribution in [0.1, 0.15) is 207 Å². The highest BCUT2D eigenvalue weighted by Crippen LogP contribution is 2.12. The van der Waals surface area contributed by atoms with Gasteiger partial charge in [-0.1, -0.05) is 194 Å². The number of unbranched alkanes of at least 4 members (excludes halogenated alkanes) is 14. The normalized spacial score (nSPS) is 13.0. The maximum absolute atomic E-state index is 12.7. The third kappa shape index (κ3) is 47.1. The van der Waals surface area contributed by atoms with E-state index < -0.39 is 6.10 Å². The second-order valence-corrected chi connectivity index (χ2v) is 16.0. The molecule has 0 spiro atoms. The first-order chi connectivity index (χ1) is 30.5. The molecule has 0 radical (unpaired) electrons. The smallest absolute Gasteiger partial charge is 0.306 e. The summed E-state index contributed by atoms with van der Waals surface area (Å²) in [5.74, 6) is -0.958. The van der Waals surface area contributed by atoms with E-state index in [0.717, 1.165) is 148 Å². The Bertz CT molecular complexity index is 1310. The molecule has 0 rings (SSSR count). The van der Waals surface area contributed by atoms with Gasteiger partial charge in [-0.05, 0) is 103 Å². The Morgan fingerprint density at radius 3 is 0.984 bits per heavy atom. The number of carbonyl (C=O) groups excluding carboxylic acids is 3. The van der Waals surface area contributed by atoms with Gasteiger partial charge in [0, 0.05) is 19.3 Å². The molecule has 350 valence electrons. The van der Waals surface area contributed by atoms with Crippen molar-refractivity contribution in [2.45, 2.75) is 213 Å². The Balaban J connectivity index is 4.33. The molecule has 0 aliphatic rings. The molecular formula is C56H90O6. The van der Waals surface area contributed by atoms with E-state index in [0.29, 0.717) is 19.3 Å². The fourth-order valence-electron chi connectivity index (χ4n) is 6.34. The monoisotopic (exact) mass is 859 g/mol. The van der Waals surface area contributed by atoms with Gasteiger partial charge < -0.3 is 14.2 Å². The molecule has 1 atom stereocenters. The Morgan fingerprint density at radius 2 is 0.629 bits per heavy atom. The molecule has 0 amide bonds. The quantitative estimate of drug-likeness (QED) is 0.0263. The number of ether oxygens (including phenoxy) is 3. The van der Waals surface area contributed by atoms with E-state index in [-0.39, 0.29) is 31.1 Å². The Kier molecular flexibility index (Phi) is 46.6. The lowest BCUT2D eigenvalue weighted by Crippen LogP contribution is -2.30. The number of hydrogen-bond donors (Lipinski definition) is 0. The fraction of sp³-hybridized carbons (Fsp3) is 0.625. The van der Waals surface area contributed by atoms with Gasteiger partial charge in [0.25, 0.3) is 0 Å². The van der Waals surface area contributed by atoms with Crippen molar-refractivity contribution in [2.75, 3.05) is 13.2 Å². The summed E-state index contributed by atoms with van der Waals surface area (Å²) in [5, 5.41) is 0. The van der Waals surface area contributed by atoms with Crippen molar-refractivity contribution in [1.29, 1.82) is 0 Å². The van der Waals surface area contributed by atoms with Crippen LogP contribution in [0.15, 0.2) is 109 Å². The molecule has 0 aromatic heterocycles. The van der Waals surface area contributed by atoms with E-state index in [1.807, 2.05) is 0 Å². The van der Waals surface area contributed by atoms with Crippen LogP contribution in [-0.4, -0.2) is 37.2 Å². The average Bonchev–Trinajstić information content (AvgIpc) is 3.27. The third-order valence-electron chi connectivity index (χ3n) is 10.0. The summed E-state index contributed by atoms with van der Waals surface area (Å²) >= 11 is 0. The summed E-state index contributed by atoms with van der Waals surface area (Å²) in [6.07, 6.45) is 66.6. The van der Waals surface area contributed by atoms with Crippen LogP contribution in [-0.2, 0) is 28.6 Å². The minimum absolute atomic E-state index is 0.0968. The summed E-state index contributed by atoms with van der Waals surface area (Å²) in [6, 6.07) is 0. The second kappa shape index (κ2) is 49.7. The highest BCUT2D eigenvalue weighted by molar-refractivity contribution is 5.71. The van der Waals surface area contributed by atoms with E-state index in [1.54, 1.807) is 0 Å². The molecule has 0 N–H and O–H groups in total. The predicted molar refractivity (Wildman–Crippen MR) is 265 cm³/mol. The van der Waals surface area contributed by atoms with Gasteiger partial charge in [0.1, 0.15) is 13.2 Å². The summed E-state index contributed by atoms with van der Waals surface area (Å²) in [7, 11) is 0. The number of esters is 3. The van der Waals surface area contributed by atoms with Gasteiger partial charge in [0.05, 0.1) is 0 Å². The van der Waals surface area contributed by atoms with Crippen LogP contribution in [0.3, 0.4) is 0 Å². The first-order valence-corrected chi connectivity index (χ1v) is 24.9. The van der Waals surface area contributed by atoms with Crippen LogP contribution in [0.4, 0.5) is 0 Å². The van der Waals surface area contributed by atoms with Gasteiger partial charge in [-0.25, -0.2) is 0 Å². The molecule has 0 saturated heterocycles. The molecule has 0 bridgehead atoms. The van der Waals surface area contributed by atoms with Crippen molar-refractivity contribution in [3.8, 4) is 0 Å². The first-order valence-electron chi connectivity index (χ1n) is 24.9. The maximum atomic E-state index is 12.7. The number of carbonyl (C=O) groups is 3. The molecular weight excluding hydrogens is 769 g/mol. The molecule has 6 heteroatoms. The lowest BCUT2D eigenvalue weighted by molar-refractivity contribution is -0.167. The molecule has 62 heavy (non-hydrogen) atoms. The van der Waals surface area contributed by atoms with E-state index in [1.165, 1.54) is 19.3 Å². The maximum Gasteiger partial charge on any atom is 0.306 e. The van der Waals surface area contributed by atoms with E-state index in [9.17, 15) is 14.4 Å². The topological polar surface area (TPSA) is 78.9 Å². The van der Waals surface area contributed by atoms with Crippen LogP contribution in [0.2, 0.25) is 0 Å². The van der Waals surface area contributed by atoms with Crippen LogP contribution in [0, 0.1) is 0 Å². The molecule has 0 aromatic rings. The fourth-order valence-corrected chi connectivity index (χ4v) is 6.34. The summed E-state index contributed by atoms with van der Waals surface area (Å²) in [6.45, 7) is 6.29. The van der Waals surface area contributed by atoms with Gasteiger partial charge in [0.15, 0.2) is 6.10 Å². The van der Waals surface area contributed by atoms with Gasteiger partial charge in [0.2, 0.25) is 0 Å². The summed E-state index contributed by atoms with van der Waals surface area (Å²) in [4.78, 5) is 37.7. The zero-order chi connectivity index (χ0) is 45.1. The van der Waals surface area contributed by atoms with Crippen molar-refractivity contribution < 1.29 is 28.6 Å². The third-order valence-corrected chi connectivity index (χ3v) is 10.0. The van der Waals surface area contributed by atoms with Crippen molar-refractivity contribution in [2.24, 2.45) is 0 Å². The number of rotatable bonds is 43. The molecule has 0 heterocycles. The van der Waals surface area contributed by atoms with E-state index in [4.69, 9.17) is 14.2 Å². The lowest BCUT2D eigenvalue weighted by Gasteiger charge is -2.18. The van der Waals surface area contributed by atoms with Crippen molar-refractivity contribution >= 4 is 17.9 Å². The van der Waals surface area contributed by atoms with E-state index in [2.05, 4.69) is 130 Å². The van der Waals surface area contributed by atoms with Crippen molar-refractivity contribution in [3.63, 3.8) is 0 Å². The van der Waals surface area contributed by atoms with Crippen molar-refractivity contribution in [1.82, 2.24) is 0 Å². The highest BCUT2D eigenvalue weighted by Gasteiger charge is 2.19. The number of allylic oxidation sites excluding steroid dienone is 18. The molecule has 0 saturated carbocycles. The molecule has 1 unspecified atom stereocenters. The molecule has 0 aliphatic carbocycles. The van der Waals surface area contributed by atoms with Crippen LogP contribution in [0.5, 0.6) is 0 Å². The first kappa shape index (κ1) is 58.1. The summed E-state index contributed by atoms with van der Waals surface area (Å²) < 4.78 is 16.7. The number of hydrogen-bond acceptors (Lipinski definition) is 6. The minimum atomic E-state index is -0.797. The zero-order valence-electron chi connectivity index (χ0n) is 39.8. The average molecular weight is 859 g/mol. The minimum Gasteiger partial charge on any atom is -0.462 e. The molecule has 6 nitrogen and oxygen atoms in total. The Labute approximate surface area is 380 Å². The van der Waals surface area contributed by atoms with Crippen LogP contribution >= 0.6 is 0 Å². The SMILES string of the molecule is CC/C=C\C/C=C\C/C=C\C/C=C\C/C=C\CCCCCCCC(=O)OCC(COC(=O)CCCCCCCC)OC(=O)CCCCCC/C=C\C/C=C\C/C=C\C/C=C\CC. The Hall–Kier alpha value is -3.93. The van der Waals surface area contributed by atoms with Crippen molar-refractivity contribution in [3.05, 3.63) is 109 Å². The Morgan fingerprint density at radius 1 is 0.339 bits per heavy atom. The predicted octanol–water partition coefficient (Wildman–Crippen LogP) is 16.4. The van der Waals surface area contributed by atoms with Gasteiger partial charge >= 0.3 is 17.9 Å². The van der Waals surface area contributed by atoms with Gasteiger partial charge in [-0.3, -0.25) is 14.4 Å². The van der Waals surface area contributed by atoms with Gasteiger partial charge in [-0.2, -0.15) is 0 Å². The lowest BCUT2D eigenvalue weighted by atomic mass is 10.1. The standard InChI is InChI=1S/C56H90O6/c1-4-7-10-13-16-18-20-22-24-26-27-28-29-31-32-34-36-38-40-43-46-49-55(58)61-52-53(51-60-54(57)48-45-42-15-12-9-6-3)62-56(59)50-47-44-41-39-37-35-33-30-25-23-21-19-17-14-11-8-5-2/h7-8,10-11,16-19,22-25,27-28,31-33,35,53H,4-6,9,12-15,20-21,26,29-30,34,36-52H2,1-3H3/b10-7-,11-8-,18-16-,19-17-,24-22-,25-23-,28-27-,32-31-,35-33-. The molecule has 0 aromatic carbocycles. The zero-order valence-corrected chi connectivity index (χ0v) is 39.8. The van der Waals surface area contributed by atoms with E-state index >= 15 is 0 Å². The highest BCUT2D eigenvalue weighted by atomic mass is 16.6. The van der Waals surface area contributed by atoms with Crippen LogP contribution < -0.4 is 0 Å². The van der Waals surface area contributed by atoms with Gasteiger partial charge in [-0.15, -0.1) is 0 Å². The van der Waals surface area contributed by atoms with Crippen LogP contribution in [0.25, 0.3) is 0 Å². The summed E-state index contributed by atoms with van der Waals surface area (Å²) in [5.41, 5.74) is 0. The molecule has 0 fully saturated rings.